The van der Waals surface area contributed by atoms with Crippen LogP contribution in [-0.4, -0.2) is 40.2 Å². The van der Waals surface area contributed by atoms with Gasteiger partial charge >= 0.3 is 0 Å². The smallest absolute Gasteiger partial charge is 0.262 e. The van der Waals surface area contributed by atoms with Gasteiger partial charge in [-0.1, -0.05) is 30.8 Å². The highest BCUT2D eigenvalue weighted by Gasteiger charge is 2.28. The van der Waals surface area contributed by atoms with Crippen LogP contribution < -0.4 is 16.2 Å². The van der Waals surface area contributed by atoms with Crippen molar-refractivity contribution in [3.8, 4) is 0 Å². The molecule has 1 heterocycles. The van der Waals surface area contributed by atoms with E-state index in [2.05, 4.69) is 15.6 Å². The molecule has 1 aliphatic rings. The van der Waals surface area contributed by atoms with E-state index in [-0.39, 0.29) is 35.7 Å². The molecule has 2 amide bonds. The van der Waals surface area contributed by atoms with Gasteiger partial charge in [-0.25, -0.2) is 4.98 Å². The number of benzene rings is 1. The van der Waals surface area contributed by atoms with Crippen LogP contribution in [0.15, 0.2) is 34.2 Å². The molecule has 7 nitrogen and oxygen atoms in total. The lowest BCUT2D eigenvalue weighted by molar-refractivity contribution is -0.124. The van der Waals surface area contributed by atoms with Gasteiger partial charge in [-0.15, -0.1) is 0 Å². The maximum atomic E-state index is 12.7. The third-order valence-electron chi connectivity index (χ3n) is 4.04. The molecule has 138 valence electrons. The second-order valence-corrected chi connectivity index (χ2v) is 7.18. The molecule has 1 aromatic carbocycles. The fourth-order valence-electron chi connectivity index (χ4n) is 2.57. The topological polar surface area (TPSA) is 93.1 Å². The quantitative estimate of drug-likeness (QED) is 0.539. The second-order valence-electron chi connectivity index (χ2n) is 6.23. The van der Waals surface area contributed by atoms with Crippen molar-refractivity contribution in [2.75, 3.05) is 18.8 Å². The van der Waals surface area contributed by atoms with Crippen molar-refractivity contribution in [2.45, 2.75) is 37.4 Å². The summed E-state index contributed by atoms with van der Waals surface area (Å²) in [5.74, 6) is -0.353. The van der Waals surface area contributed by atoms with Crippen molar-refractivity contribution in [3.63, 3.8) is 0 Å². The van der Waals surface area contributed by atoms with Crippen molar-refractivity contribution in [1.82, 2.24) is 20.2 Å². The van der Waals surface area contributed by atoms with Gasteiger partial charge in [0.05, 0.1) is 23.2 Å². The highest BCUT2D eigenvalue weighted by molar-refractivity contribution is 7.99. The highest BCUT2D eigenvalue weighted by atomic mass is 32.2. The summed E-state index contributed by atoms with van der Waals surface area (Å²) >= 11 is 1.23. The zero-order valence-corrected chi connectivity index (χ0v) is 15.5. The largest absolute Gasteiger partial charge is 0.355 e. The number of hydrogen-bond acceptors (Lipinski definition) is 5. The van der Waals surface area contributed by atoms with Gasteiger partial charge in [-0.2, -0.15) is 0 Å². The first-order chi connectivity index (χ1) is 12.6. The number of rotatable bonds is 8. The molecule has 26 heavy (non-hydrogen) atoms. The number of nitrogens with zero attached hydrogens (tertiary/aromatic N) is 2. The highest BCUT2D eigenvalue weighted by Crippen LogP contribution is 2.36. The molecule has 3 rings (SSSR count). The Balaban J connectivity index is 1.67. The summed E-state index contributed by atoms with van der Waals surface area (Å²) in [4.78, 5) is 40.9. The van der Waals surface area contributed by atoms with Crippen LogP contribution in [0.2, 0.25) is 0 Å². The van der Waals surface area contributed by atoms with Gasteiger partial charge < -0.3 is 10.6 Å². The van der Waals surface area contributed by atoms with Crippen LogP contribution in [-0.2, 0) is 9.59 Å². The average molecular weight is 374 g/mol. The standard InChI is InChI=1S/C18H22N4O3S/c1-2-9-19-15(23)10-20-16(24)11-26-18-21-14-6-4-3-5-13(14)17(25)22(18)12-7-8-12/h3-6,12H,2,7-11H2,1H3,(H,19,23)(H,20,24). The lowest BCUT2D eigenvalue weighted by atomic mass is 10.2. The van der Waals surface area contributed by atoms with Gasteiger partial charge in [0, 0.05) is 12.6 Å². The second kappa shape index (κ2) is 8.35. The van der Waals surface area contributed by atoms with E-state index < -0.39 is 0 Å². The van der Waals surface area contributed by atoms with Crippen molar-refractivity contribution in [3.05, 3.63) is 34.6 Å². The first-order valence-corrected chi connectivity index (χ1v) is 9.76. The molecule has 8 heteroatoms. The predicted molar refractivity (Wildman–Crippen MR) is 101 cm³/mol. The van der Waals surface area contributed by atoms with Crippen LogP contribution in [0.3, 0.4) is 0 Å². The van der Waals surface area contributed by atoms with Gasteiger partial charge in [-0.3, -0.25) is 19.0 Å². The number of thioether (sulfide) groups is 1. The number of hydrogen-bond donors (Lipinski definition) is 2. The van der Waals surface area contributed by atoms with Gasteiger partial charge in [0.2, 0.25) is 11.8 Å². The molecule has 0 spiro atoms. The van der Waals surface area contributed by atoms with E-state index in [0.29, 0.717) is 22.6 Å². The van der Waals surface area contributed by atoms with Crippen molar-refractivity contribution >= 4 is 34.5 Å². The number of carbonyl (C=O) groups is 2. The molecule has 0 radical (unpaired) electrons. The van der Waals surface area contributed by atoms with E-state index in [1.807, 2.05) is 19.1 Å². The first kappa shape index (κ1) is 18.4. The van der Waals surface area contributed by atoms with Gasteiger partial charge in [0.15, 0.2) is 5.16 Å². The molecule has 0 bridgehead atoms. The summed E-state index contributed by atoms with van der Waals surface area (Å²) in [5.41, 5.74) is 0.580. The van der Waals surface area contributed by atoms with E-state index in [9.17, 15) is 14.4 Å². The lowest BCUT2D eigenvalue weighted by Crippen LogP contribution is -2.38. The Kier molecular flexibility index (Phi) is 5.92. The minimum Gasteiger partial charge on any atom is -0.355 e. The molecule has 1 saturated carbocycles. The number of aromatic nitrogens is 2. The molecule has 0 saturated heterocycles. The van der Waals surface area contributed by atoms with Gasteiger partial charge in [0.25, 0.3) is 5.56 Å². The molecule has 0 unspecified atom stereocenters. The summed E-state index contributed by atoms with van der Waals surface area (Å²) in [6.45, 7) is 2.52. The molecular formula is C18H22N4O3S. The molecule has 1 aliphatic carbocycles. The SMILES string of the molecule is CCCNC(=O)CNC(=O)CSc1nc2ccccc2c(=O)n1C1CC1. The Morgan fingerprint density at radius 2 is 2.00 bits per heavy atom. The number of amides is 2. The van der Waals surface area contributed by atoms with E-state index in [1.54, 1.807) is 16.7 Å². The van der Waals surface area contributed by atoms with E-state index in [0.717, 1.165) is 19.3 Å². The van der Waals surface area contributed by atoms with Crippen molar-refractivity contribution < 1.29 is 9.59 Å². The fourth-order valence-corrected chi connectivity index (χ4v) is 3.47. The zero-order chi connectivity index (χ0) is 18.5. The Morgan fingerprint density at radius 1 is 1.23 bits per heavy atom. The Hall–Kier alpha value is -2.35. The van der Waals surface area contributed by atoms with E-state index in [1.165, 1.54) is 11.8 Å². The molecule has 0 aliphatic heterocycles. The van der Waals surface area contributed by atoms with E-state index >= 15 is 0 Å². The molecule has 1 fully saturated rings. The zero-order valence-electron chi connectivity index (χ0n) is 14.7. The third-order valence-corrected chi connectivity index (χ3v) is 4.99. The van der Waals surface area contributed by atoms with Crippen LogP contribution in [0.1, 0.15) is 32.2 Å². The monoisotopic (exact) mass is 374 g/mol. The van der Waals surface area contributed by atoms with Crippen LogP contribution >= 0.6 is 11.8 Å². The van der Waals surface area contributed by atoms with E-state index in [4.69, 9.17) is 0 Å². The normalized spacial score (nSPS) is 13.6. The number of fused-ring (bicyclic) bond motifs is 1. The molecule has 1 aromatic heterocycles. The molecule has 0 atom stereocenters. The summed E-state index contributed by atoms with van der Waals surface area (Å²) in [6, 6.07) is 7.42. The summed E-state index contributed by atoms with van der Waals surface area (Å²) in [6.07, 6.45) is 2.76. The minimum absolute atomic E-state index is 0.0417. The summed E-state index contributed by atoms with van der Waals surface area (Å²) in [7, 11) is 0. The maximum Gasteiger partial charge on any atom is 0.262 e. The van der Waals surface area contributed by atoms with Crippen LogP contribution in [0.25, 0.3) is 10.9 Å². The number of para-hydroxylation sites is 1. The molecule has 2 aromatic rings. The van der Waals surface area contributed by atoms with Crippen molar-refractivity contribution in [2.24, 2.45) is 0 Å². The Labute approximate surface area is 155 Å². The molecule has 2 N–H and O–H groups in total. The lowest BCUT2D eigenvalue weighted by Gasteiger charge is -2.12. The van der Waals surface area contributed by atoms with Crippen LogP contribution in [0.4, 0.5) is 0 Å². The Bertz CT molecular complexity index is 876. The number of carbonyl (C=O) groups excluding carboxylic acids is 2. The minimum atomic E-state index is -0.258. The fraction of sp³-hybridized carbons (Fsp3) is 0.444. The van der Waals surface area contributed by atoms with Crippen molar-refractivity contribution in [1.29, 1.82) is 0 Å². The van der Waals surface area contributed by atoms with Gasteiger partial charge in [0.1, 0.15) is 0 Å². The average Bonchev–Trinajstić information content (AvgIpc) is 3.48. The van der Waals surface area contributed by atoms with Crippen LogP contribution in [0, 0.1) is 0 Å². The van der Waals surface area contributed by atoms with Crippen LogP contribution in [0.5, 0.6) is 0 Å². The number of nitrogens with one attached hydrogen (secondary N) is 2. The first-order valence-electron chi connectivity index (χ1n) is 8.77. The summed E-state index contributed by atoms with van der Waals surface area (Å²) in [5, 5.41) is 6.45. The Morgan fingerprint density at radius 3 is 2.73 bits per heavy atom. The molecular weight excluding hydrogens is 352 g/mol. The van der Waals surface area contributed by atoms with Gasteiger partial charge in [-0.05, 0) is 31.4 Å². The third kappa shape index (κ3) is 4.43. The predicted octanol–water partition coefficient (Wildman–Crippen LogP) is 1.47. The summed E-state index contributed by atoms with van der Waals surface area (Å²) < 4.78 is 1.70. The maximum absolute atomic E-state index is 12.7.